The van der Waals surface area contributed by atoms with Crippen LogP contribution in [-0.2, 0) is 11.2 Å². The molecule has 2 aromatic rings. The lowest BCUT2D eigenvalue weighted by molar-refractivity contribution is 0.128. The molecule has 0 radical (unpaired) electrons. The minimum atomic E-state index is -0.281. The van der Waals surface area contributed by atoms with Crippen molar-refractivity contribution in [2.24, 2.45) is 5.92 Å². The Morgan fingerprint density at radius 3 is 2.94 bits per heavy atom. The molecule has 5 rings (SSSR count). The predicted molar refractivity (Wildman–Crippen MR) is 126 cm³/mol. The third-order valence-electron chi connectivity index (χ3n) is 7.58. The largest absolute Gasteiger partial charge is 0.508 e. The van der Waals surface area contributed by atoms with Gasteiger partial charge in [0.15, 0.2) is 0 Å². The number of aryl methyl sites for hydroxylation is 1. The van der Waals surface area contributed by atoms with E-state index >= 15 is 0 Å². The minimum absolute atomic E-state index is 0.158. The molecule has 1 saturated carbocycles. The average molecular weight is 452 g/mol. The maximum absolute atomic E-state index is 11.7. The summed E-state index contributed by atoms with van der Waals surface area (Å²) in [7, 11) is 1.42. The van der Waals surface area contributed by atoms with E-state index in [1.807, 2.05) is 18.3 Å². The van der Waals surface area contributed by atoms with E-state index in [4.69, 9.17) is 9.72 Å². The Labute approximate surface area is 194 Å². The zero-order chi connectivity index (χ0) is 22.9. The number of phenolic OH excluding ortho intramolecular Hbond substituents is 1. The number of hydrogen-bond donors (Lipinski definition) is 4. The SMILES string of the molecule is CCc1cc(O)ccc1C1CCC2C(C1)NNC2c1ncc(C2=CCN(C(=O)OC)CC2)[nH]1. The first-order chi connectivity index (χ1) is 16.1. The third kappa shape index (κ3) is 4.25. The number of aromatic amines is 1. The summed E-state index contributed by atoms with van der Waals surface area (Å²) in [6.45, 7) is 3.36. The Morgan fingerprint density at radius 1 is 1.30 bits per heavy atom. The molecule has 3 aliphatic rings. The normalized spacial score (nSPS) is 27.2. The number of hydrazine groups is 1. The van der Waals surface area contributed by atoms with E-state index in [-0.39, 0.29) is 12.1 Å². The van der Waals surface area contributed by atoms with Crippen molar-refractivity contribution in [2.45, 2.75) is 57.0 Å². The number of hydrogen-bond acceptors (Lipinski definition) is 6. The van der Waals surface area contributed by atoms with E-state index in [9.17, 15) is 9.90 Å². The molecule has 4 atom stereocenters. The zero-order valence-electron chi connectivity index (χ0n) is 19.3. The number of rotatable bonds is 4. The van der Waals surface area contributed by atoms with E-state index in [0.29, 0.717) is 36.7 Å². The van der Waals surface area contributed by atoms with Crippen molar-refractivity contribution in [3.63, 3.8) is 0 Å². The molecule has 4 unspecified atom stereocenters. The fourth-order valence-electron chi connectivity index (χ4n) is 5.78. The lowest BCUT2D eigenvalue weighted by Crippen LogP contribution is -2.35. The molecule has 4 N–H and O–H groups in total. The summed E-state index contributed by atoms with van der Waals surface area (Å²) in [5, 5.41) is 9.86. The Balaban J connectivity index is 1.25. The predicted octanol–water partition coefficient (Wildman–Crippen LogP) is 3.63. The third-order valence-corrected chi connectivity index (χ3v) is 7.58. The molecule has 0 spiro atoms. The summed E-state index contributed by atoms with van der Waals surface area (Å²) < 4.78 is 4.82. The highest BCUT2D eigenvalue weighted by Gasteiger charge is 2.42. The Morgan fingerprint density at radius 2 is 2.18 bits per heavy atom. The second kappa shape index (κ2) is 9.19. The second-order valence-electron chi connectivity index (χ2n) is 9.36. The van der Waals surface area contributed by atoms with E-state index in [0.717, 1.165) is 43.6 Å². The van der Waals surface area contributed by atoms with Gasteiger partial charge >= 0.3 is 6.09 Å². The van der Waals surface area contributed by atoms with Gasteiger partial charge in [0.2, 0.25) is 0 Å². The smallest absolute Gasteiger partial charge is 0.409 e. The maximum atomic E-state index is 11.7. The van der Waals surface area contributed by atoms with Crippen molar-refractivity contribution in [3.05, 3.63) is 53.1 Å². The highest BCUT2D eigenvalue weighted by molar-refractivity contribution is 5.71. The molecule has 176 valence electrons. The molecule has 1 aromatic heterocycles. The summed E-state index contributed by atoms with van der Waals surface area (Å²) in [6, 6.07) is 6.39. The lowest BCUT2D eigenvalue weighted by Gasteiger charge is -2.33. The number of carbonyl (C=O) groups is 1. The zero-order valence-corrected chi connectivity index (χ0v) is 19.3. The number of imidazole rings is 1. The van der Waals surface area contributed by atoms with Gasteiger partial charge < -0.3 is 19.7 Å². The van der Waals surface area contributed by atoms with Crippen LogP contribution in [0.4, 0.5) is 4.79 Å². The molecule has 2 aliphatic heterocycles. The number of amides is 1. The quantitative estimate of drug-likeness (QED) is 0.566. The summed E-state index contributed by atoms with van der Waals surface area (Å²) in [5.74, 6) is 2.31. The summed E-state index contributed by atoms with van der Waals surface area (Å²) >= 11 is 0. The number of H-pyrrole nitrogens is 1. The van der Waals surface area contributed by atoms with Gasteiger partial charge in [-0.05, 0) is 72.8 Å². The molecule has 2 fully saturated rings. The molecule has 3 heterocycles. The van der Waals surface area contributed by atoms with Crippen LogP contribution in [0.1, 0.15) is 67.2 Å². The van der Waals surface area contributed by atoms with E-state index in [1.165, 1.54) is 23.8 Å². The molecule has 0 bridgehead atoms. The van der Waals surface area contributed by atoms with Gasteiger partial charge in [0.25, 0.3) is 0 Å². The number of carbonyl (C=O) groups excluding carboxylic acids is 1. The molecule has 8 heteroatoms. The van der Waals surface area contributed by atoms with Crippen LogP contribution in [0.25, 0.3) is 5.57 Å². The fourth-order valence-corrected chi connectivity index (χ4v) is 5.78. The number of aromatic nitrogens is 2. The maximum Gasteiger partial charge on any atom is 0.409 e. The van der Waals surface area contributed by atoms with Crippen molar-refractivity contribution in [1.29, 1.82) is 0 Å². The summed E-state index contributed by atoms with van der Waals surface area (Å²) in [5.41, 5.74) is 11.9. The second-order valence-corrected chi connectivity index (χ2v) is 9.36. The molecular weight excluding hydrogens is 418 g/mol. The monoisotopic (exact) mass is 451 g/mol. The molecule has 33 heavy (non-hydrogen) atoms. The Kier molecular flexibility index (Phi) is 6.12. The standard InChI is InChI=1S/C25H33N5O3/c1-3-15-12-18(31)5-7-19(15)17-4-6-20-21(13-17)28-29-23(20)24-26-14-22(27-24)16-8-10-30(11-9-16)25(32)33-2/h5,7-8,12,14,17,20-21,23,28-29,31H,3-4,6,9-11,13H2,1-2H3,(H,26,27). The molecule has 1 aliphatic carbocycles. The van der Waals surface area contributed by atoms with Crippen molar-refractivity contribution < 1.29 is 14.6 Å². The van der Waals surface area contributed by atoms with Crippen LogP contribution in [0.3, 0.4) is 0 Å². The first-order valence-corrected chi connectivity index (χ1v) is 12.0. The van der Waals surface area contributed by atoms with Crippen molar-refractivity contribution in [2.75, 3.05) is 20.2 Å². The molecule has 8 nitrogen and oxygen atoms in total. The van der Waals surface area contributed by atoms with Gasteiger partial charge in [0.1, 0.15) is 11.6 Å². The molecular formula is C25H33N5O3. The van der Waals surface area contributed by atoms with Gasteiger partial charge in [0, 0.05) is 19.1 Å². The van der Waals surface area contributed by atoms with E-state index in [1.54, 1.807) is 4.90 Å². The highest BCUT2D eigenvalue weighted by atomic mass is 16.5. The van der Waals surface area contributed by atoms with Gasteiger partial charge in [-0.15, -0.1) is 0 Å². The number of nitrogens with one attached hydrogen (secondary N) is 3. The fraction of sp³-hybridized carbons (Fsp3) is 0.520. The van der Waals surface area contributed by atoms with Gasteiger partial charge in [-0.2, -0.15) is 0 Å². The molecule has 1 saturated heterocycles. The minimum Gasteiger partial charge on any atom is -0.508 e. The number of ether oxygens (including phenoxy) is 1. The van der Waals surface area contributed by atoms with Crippen molar-refractivity contribution in [3.8, 4) is 5.75 Å². The Bertz CT molecular complexity index is 1050. The van der Waals surface area contributed by atoms with Crippen LogP contribution in [0.5, 0.6) is 5.75 Å². The van der Waals surface area contributed by atoms with Gasteiger partial charge in [-0.25, -0.2) is 15.2 Å². The van der Waals surface area contributed by atoms with Crippen LogP contribution in [0, 0.1) is 5.92 Å². The van der Waals surface area contributed by atoms with Crippen molar-refractivity contribution in [1.82, 2.24) is 25.7 Å². The summed E-state index contributed by atoms with van der Waals surface area (Å²) in [6.07, 6.45) is 8.77. The van der Waals surface area contributed by atoms with Crippen LogP contribution < -0.4 is 10.9 Å². The van der Waals surface area contributed by atoms with Crippen LogP contribution in [-0.4, -0.2) is 52.3 Å². The topological polar surface area (TPSA) is 103 Å². The van der Waals surface area contributed by atoms with E-state index in [2.05, 4.69) is 34.9 Å². The molecule has 1 aromatic carbocycles. The Hall–Kier alpha value is -2.84. The highest BCUT2D eigenvalue weighted by Crippen LogP contribution is 2.44. The van der Waals surface area contributed by atoms with Crippen LogP contribution >= 0.6 is 0 Å². The van der Waals surface area contributed by atoms with Gasteiger partial charge in [-0.3, -0.25) is 5.43 Å². The molecule has 1 amide bonds. The number of fused-ring (bicyclic) bond motifs is 1. The van der Waals surface area contributed by atoms with Crippen LogP contribution in [0.2, 0.25) is 0 Å². The van der Waals surface area contributed by atoms with Crippen LogP contribution in [0.15, 0.2) is 30.5 Å². The number of phenols is 1. The first kappa shape index (κ1) is 22.0. The number of nitrogens with zero attached hydrogens (tertiary/aromatic N) is 2. The number of benzene rings is 1. The lowest BCUT2D eigenvalue weighted by atomic mass is 9.73. The van der Waals surface area contributed by atoms with Gasteiger partial charge in [-0.1, -0.05) is 19.1 Å². The average Bonchev–Trinajstić information content (AvgIpc) is 3.50. The van der Waals surface area contributed by atoms with Gasteiger partial charge in [0.05, 0.1) is 25.0 Å². The van der Waals surface area contributed by atoms with E-state index < -0.39 is 0 Å². The number of aromatic hydroxyl groups is 1. The first-order valence-electron chi connectivity index (χ1n) is 12.0. The summed E-state index contributed by atoms with van der Waals surface area (Å²) in [4.78, 5) is 21.7. The van der Waals surface area contributed by atoms with Crippen molar-refractivity contribution >= 4 is 11.7 Å². The number of methoxy groups -OCH3 is 1.